The molecular formula is C10H21NO2. The number of aliphatic hydroxyl groups is 2. The molecule has 0 aromatic heterocycles. The quantitative estimate of drug-likeness (QED) is 0.677. The van der Waals surface area contributed by atoms with E-state index in [-0.39, 0.29) is 12.6 Å². The van der Waals surface area contributed by atoms with Crippen LogP contribution in [0.15, 0.2) is 0 Å². The minimum Gasteiger partial charge on any atom is -0.395 e. The maximum Gasteiger partial charge on any atom is 0.0774 e. The summed E-state index contributed by atoms with van der Waals surface area (Å²) in [4.78, 5) is 2.03. The normalized spacial score (nSPS) is 23.8. The van der Waals surface area contributed by atoms with Crippen molar-refractivity contribution in [1.29, 1.82) is 0 Å². The second-order valence-electron chi connectivity index (χ2n) is 4.38. The molecule has 1 atom stereocenters. The zero-order valence-electron chi connectivity index (χ0n) is 8.66. The van der Waals surface area contributed by atoms with E-state index < -0.39 is 5.60 Å². The molecule has 3 heteroatoms. The van der Waals surface area contributed by atoms with Crippen molar-refractivity contribution in [2.75, 3.05) is 20.2 Å². The van der Waals surface area contributed by atoms with Crippen molar-refractivity contribution in [3.63, 3.8) is 0 Å². The lowest BCUT2D eigenvalue weighted by Gasteiger charge is -2.31. The molecule has 0 radical (unpaired) electrons. The summed E-state index contributed by atoms with van der Waals surface area (Å²) in [5.41, 5.74) is -0.488. The Labute approximate surface area is 80.4 Å². The van der Waals surface area contributed by atoms with Crippen molar-refractivity contribution in [3.05, 3.63) is 0 Å². The molecule has 0 aliphatic heterocycles. The zero-order valence-corrected chi connectivity index (χ0v) is 8.66. The fraction of sp³-hybridized carbons (Fsp3) is 1.00. The van der Waals surface area contributed by atoms with Crippen LogP contribution >= 0.6 is 0 Å². The first-order valence-corrected chi connectivity index (χ1v) is 5.11. The Morgan fingerprint density at radius 3 is 2.38 bits per heavy atom. The van der Waals surface area contributed by atoms with Gasteiger partial charge in [0.2, 0.25) is 0 Å². The topological polar surface area (TPSA) is 43.7 Å². The van der Waals surface area contributed by atoms with E-state index in [0.29, 0.717) is 6.54 Å². The van der Waals surface area contributed by atoms with Gasteiger partial charge in [-0.3, -0.25) is 4.90 Å². The molecule has 0 spiro atoms. The number of hydrogen-bond donors (Lipinski definition) is 2. The van der Waals surface area contributed by atoms with E-state index in [1.165, 1.54) is 0 Å². The summed E-state index contributed by atoms with van der Waals surface area (Å²) in [6.45, 7) is 2.82. The monoisotopic (exact) mass is 187 g/mol. The van der Waals surface area contributed by atoms with Crippen LogP contribution in [0.1, 0.15) is 32.6 Å². The van der Waals surface area contributed by atoms with Crippen LogP contribution in [0.5, 0.6) is 0 Å². The van der Waals surface area contributed by atoms with Gasteiger partial charge in [0.1, 0.15) is 0 Å². The lowest BCUT2D eigenvalue weighted by Crippen LogP contribution is -2.44. The van der Waals surface area contributed by atoms with Gasteiger partial charge in [-0.1, -0.05) is 12.8 Å². The molecule has 1 fully saturated rings. The summed E-state index contributed by atoms with van der Waals surface area (Å²) in [6.07, 6.45) is 4.10. The first kappa shape index (κ1) is 11.0. The summed E-state index contributed by atoms with van der Waals surface area (Å²) in [6, 6.07) is 0.143. The van der Waals surface area contributed by atoms with Crippen LogP contribution in [0.4, 0.5) is 0 Å². The summed E-state index contributed by atoms with van der Waals surface area (Å²) >= 11 is 0. The van der Waals surface area contributed by atoms with E-state index in [4.69, 9.17) is 5.11 Å². The Balaban J connectivity index is 2.38. The number of rotatable bonds is 4. The first-order valence-electron chi connectivity index (χ1n) is 5.11. The maximum absolute atomic E-state index is 10.1. The van der Waals surface area contributed by atoms with Crippen LogP contribution in [-0.4, -0.2) is 47.0 Å². The van der Waals surface area contributed by atoms with Gasteiger partial charge >= 0.3 is 0 Å². The molecule has 1 rings (SSSR count). The van der Waals surface area contributed by atoms with Crippen LogP contribution in [0.3, 0.4) is 0 Å². The van der Waals surface area contributed by atoms with Gasteiger partial charge in [-0.25, -0.2) is 0 Å². The Morgan fingerprint density at radius 2 is 1.92 bits per heavy atom. The average Bonchev–Trinajstić information content (AvgIpc) is 2.50. The molecule has 1 aliphatic rings. The minimum atomic E-state index is -0.488. The lowest BCUT2D eigenvalue weighted by atomic mass is 10.0. The highest BCUT2D eigenvalue weighted by Gasteiger charge is 2.32. The molecule has 0 saturated heterocycles. The third-order valence-corrected chi connectivity index (χ3v) is 3.09. The van der Waals surface area contributed by atoms with Crippen LogP contribution in [0.25, 0.3) is 0 Å². The Morgan fingerprint density at radius 1 is 1.38 bits per heavy atom. The van der Waals surface area contributed by atoms with Gasteiger partial charge in [-0.05, 0) is 26.8 Å². The van der Waals surface area contributed by atoms with Crippen molar-refractivity contribution in [1.82, 2.24) is 4.90 Å². The van der Waals surface area contributed by atoms with Crippen molar-refractivity contribution < 1.29 is 10.2 Å². The molecule has 13 heavy (non-hydrogen) atoms. The second kappa shape index (κ2) is 4.40. The van der Waals surface area contributed by atoms with Gasteiger partial charge in [-0.2, -0.15) is 0 Å². The largest absolute Gasteiger partial charge is 0.395 e. The molecule has 0 aromatic rings. The van der Waals surface area contributed by atoms with Crippen LogP contribution < -0.4 is 0 Å². The van der Waals surface area contributed by atoms with Gasteiger partial charge < -0.3 is 10.2 Å². The third kappa shape index (κ3) is 2.93. The Kier molecular flexibility index (Phi) is 3.71. The Hall–Kier alpha value is -0.120. The molecule has 3 nitrogen and oxygen atoms in total. The van der Waals surface area contributed by atoms with E-state index in [9.17, 15) is 5.11 Å². The molecule has 78 valence electrons. The minimum absolute atomic E-state index is 0.143. The number of hydrogen-bond acceptors (Lipinski definition) is 3. The van der Waals surface area contributed by atoms with Gasteiger partial charge in [-0.15, -0.1) is 0 Å². The SMILES string of the molecule is CC(CO)N(C)CC1(O)CCCC1. The molecule has 2 N–H and O–H groups in total. The number of likely N-dealkylation sites (N-methyl/N-ethyl adjacent to an activating group) is 1. The molecule has 0 aromatic carbocycles. The molecule has 1 unspecified atom stereocenters. The fourth-order valence-corrected chi connectivity index (χ4v) is 1.95. The summed E-state index contributed by atoms with van der Waals surface area (Å²) < 4.78 is 0. The lowest BCUT2D eigenvalue weighted by molar-refractivity contribution is 0.000654. The smallest absolute Gasteiger partial charge is 0.0774 e. The molecule has 0 heterocycles. The fourth-order valence-electron chi connectivity index (χ4n) is 1.95. The van der Waals surface area contributed by atoms with Crippen molar-refractivity contribution in [3.8, 4) is 0 Å². The van der Waals surface area contributed by atoms with Crippen molar-refractivity contribution in [2.24, 2.45) is 0 Å². The summed E-state index contributed by atoms with van der Waals surface area (Å²) in [7, 11) is 1.96. The van der Waals surface area contributed by atoms with Gasteiger partial charge in [0.15, 0.2) is 0 Å². The van der Waals surface area contributed by atoms with E-state index in [1.807, 2.05) is 18.9 Å². The highest BCUT2D eigenvalue weighted by molar-refractivity contribution is 4.87. The second-order valence-corrected chi connectivity index (χ2v) is 4.38. The summed E-state index contributed by atoms with van der Waals surface area (Å²) in [5, 5.41) is 19.0. The van der Waals surface area contributed by atoms with E-state index in [1.54, 1.807) is 0 Å². The van der Waals surface area contributed by atoms with E-state index >= 15 is 0 Å². The standard InChI is InChI=1S/C10H21NO2/c1-9(7-12)11(2)8-10(13)5-3-4-6-10/h9,12-13H,3-8H2,1-2H3. The maximum atomic E-state index is 10.1. The van der Waals surface area contributed by atoms with Gasteiger partial charge in [0.25, 0.3) is 0 Å². The highest BCUT2D eigenvalue weighted by atomic mass is 16.3. The van der Waals surface area contributed by atoms with Gasteiger partial charge in [0.05, 0.1) is 12.2 Å². The molecular weight excluding hydrogens is 166 g/mol. The highest BCUT2D eigenvalue weighted by Crippen LogP contribution is 2.30. The summed E-state index contributed by atoms with van der Waals surface area (Å²) in [5.74, 6) is 0. The molecule has 0 amide bonds. The van der Waals surface area contributed by atoms with Crippen molar-refractivity contribution >= 4 is 0 Å². The Bertz CT molecular complexity index is 155. The number of nitrogens with zero attached hydrogens (tertiary/aromatic N) is 1. The molecule has 1 saturated carbocycles. The molecule has 1 aliphatic carbocycles. The van der Waals surface area contributed by atoms with E-state index in [0.717, 1.165) is 25.7 Å². The molecule has 0 bridgehead atoms. The van der Waals surface area contributed by atoms with Crippen LogP contribution in [-0.2, 0) is 0 Å². The average molecular weight is 187 g/mol. The third-order valence-electron chi connectivity index (χ3n) is 3.09. The first-order chi connectivity index (χ1) is 6.07. The predicted octanol–water partition coefficient (Wildman–Crippen LogP) is 0.604. The van der Waals surface area contributed by atoms with Gasteiger partial charge in [0, 0.05) is 12.6 Å². The zero-order chi connectivity index (χ0) is 9.90. The van der Waals surface area contributed by atoms with Crippen LogP contribution in [0, 0.1) is 0 Å². The number of aliphatic hydroxyl groups excluding tert-OH is 1. The van der Waals surface area contributed by atoms with Crippen molar-refractivity contribution in [2.45, 2.75) is 44.2 Å². The van der Waals surface area contributed by atoms with E-state index in [2.05, 4.69) is 0 Å². The van der Waals surface area contributed by atoms with Crippen LogP contribution in [0.2, 0.25) is 0 Å². The predicted molar refractivity (Wildman–Crippen MR) is 52.6 cm³/mol.